The quantitative estimate of drug-likeness (QED) is 0.675. The highest BCUT2D eigenvalue weighted by molar-refractivity contribution is 4.99. The first-order valence-corrected chi connectivity index (χ1v) is 4.82. The average Bonchev–Trinajstić information content (AvgIpc) is 2.48. The van der Waals surface area contributed by atoms with Crippen LogP contribution >= 0.6 is 0 Å². The van der Waals surface area contributed by atoms with E-state index in [9.17, 15) is 0 Å². The summed E-state index contributed by atoms with van der Waals surface area (Å²) in [6, 6.07) is 0. The van der Waals surface area contributed by atoms with Gasteiger partial charge in [0.1, 0.15) is 12.2 Å². The first-order valence-electron chi connectivity index (χ1n) is 4.82. The van der Waals surface area contributed by atoms with Crippen LogP contribution in [0.3, 0.4) is 0 Å². The molecule has 4 atom stereocenters. The molecule has 1 fully saturated rings. The number of ether oxygens (including phenoxy) is 4. The molecule has 84 valence electrons. The minimum absolute atomic E-state index is 0.0369. The number of hydrogen-bond donors (Lipinski definition) is 0. The maximum atomic E-state index is 5.41. The molecule has 1 aliphatic rings. The molecule has 0 amide bonds. The van der Waals surface area contributed by atoms with E-state index in [2.05, 4.69) is 6.92 Å². The van der Waals surface area contributed by atoms with Crippen LogP contribution in [0, 0.1) is 5.92 Å². The Morgan fingerprint density at radius 2 is 0.857 bits per heavy atom. The van der Waals surface area contributed by atoms with Crippen molar-refractivity contribution < 1.29 is 18.9 Å². The van der Waals surface area contributed by atoms with Crippen LogP contribution in [0.4, 0.5) is 0 Å². The summed E-state index contributed by atoms with van der Waals surface area (Å²) < 4.78 is 21.6. The van der Waals surface area contributed by atoms with Crippen LogP contribution in [0.2, 0.25) is 0 Å². The van der Waals surface area contributed by atoms with E-state index in [0.717, 1.165) is 0 Å². The zero-order chi connectivity index (χ0) is 10.7. The monoisotopic (exact) mass is 204 g/mol. The molecule has 0 spiro atoms. The lowest BCUT2D eigenvalue weighted by Crippen LogP contribution is -2.37. The molecule has 0 N–H and O–H groups in total. The van der Waals surface area contributed by atoms with Gasteiger partial charge in [-0.2, -0.15) is 0 Å². The van der Waals surface area contributed by atoms with Crippen molar-refractivity contribution in [2.24, 2.45) is 5.92 Å². The third-order valence-corrected chi connectivity index (χ3v) is 3.10. The van der Waals surface area contributed by atoms with E-state index in [-0.39, 0.29) is 30.3 Å². The summed E-state index contributed by atoms with van der Waals surface area (Å²) >= 11 is 0. The average molecular weight is 204 g/mol. The summed E-state index contributed by atoms with van der Waals surface area (Å²) in [5.41, 5.74) is 0. The van der Waals surface area contributed by atoms with E-state index in [0.29, 0.717) is 0 Å². The molecule has 14 heavy (non-hydrogen) atoms. The van der Waals surface area contributed by atoms with Gasteiger partial charge in [0.25, 0.3) is 0 Å². The second kappa shape index (κ2) is 5.07. The fourth-order valence-electron chi connectivity index (χ4n) is 2.39. The number of hydrogen-bond acceptors (Lipinski definition) is 4. The molecule has 1 rings (SSSR count). The normalized spacial score (nSPS) is 43.1. The molecule has 4 unspecified atom stereocenters. The molecular weight excluding hydrogens is 184 g/mol. The zero-order valence-corrected chi connectivity index (χ0v) is 9.52. The van der Waals surface area contributed by atoms with E-state index in [1.54, 1.807) is 28.4 Å². The van der Waals surface area contributed by atoms with Gasteiger partial charge in [-0.15, -0.1) is 0 Å². The van der Waals surface area contributed by atoms with E-state index < -0.39 is 0 Å². The van der Waals surface area contributed by atoms with Gasteiger partial charge in [0.15, 0.2) is 0 Å². The van der Waals surface area contributed by atoms with Gasteiger partial charge >= 0.3 is 0 Å². The van der Waals surface area contributed by atoms with E-state index in [1.807, 2.05) is 0 Å². The maximum absolute atomic E-state index is 5.41. The SMILES string of the molecule is COC1C(C)C(OC)C(OC)C1OC. The van der Waals surface area contributed by atoms with Gasteiger partial charge in [-0.3, -0.25) is 0 Å². The van der Waals surface area contributed by atoms with Gasteiger partial charge in [0.2, 0.25) is 0 Å². The Kier molecular flexibility index (Phi) is 4.31. The van der Waals surface area contributed by atoms with Crippen molar-refractivity contribution in [1.82, 2.24) is 0 Å². The molecular formula is C10H20O4. The Morgan fingerprint density at radius 3 is 1.07 bits per heavy atom. The first kappa shape index (κ1) is 11.9. The Balaban J connectivity index is 2.81. The first-order chi connectivity index (χ1) is 6.71. The number of rotatable bonds is 4. The minimum atomic E-state index is -0.0510. The predicted octanol–water partition coefficient (Wildman–Crippen LogP) is 0.696. The van der Waals surface area contributed by atoms with E-state index in [1.165, 1.54) is 0 Å². The fourth-order valence-corrected chi connectivity index (χ4v) is 2.39. The molecule has 0 aromatic heterocycles. The molecule has 0 aliphatic heterocycles. The summed E-state index contributed by atoms with van der Waals surface area (Å²) in [4.78, 5) is 0. The summed E-state index contributed by atoms with van der Waals surface area (Å²) in [5.74, 6) is 0.278. The minimum Gasteiger partial charge on any atom is -0.378 e. The Bertz CT molecular complexity index is 156. The smallest absolute Gasteiger partial charge is 0.112 e. The predicted molar refractivity (Wildman–Crippen MR) is 52.4 cm³/mol. The Hall–Kier alpha value is -0.160. The highest BCUT2D eigenvalue weighted by Crippen LogP contribution is 2.34. The molecule has 0 aromatic rings. The molecule has 1 aliphatic carbocycles. The standard InChI is InChI=1S/C10H20O4/c1-6-7(11-2)9(13-4)10(14-5)8(6)12-3/h6-10H,1-5H3. The van der Waals surface area contributed by atoms with Gasteiger partial charge in [-0.25, -0.2) is 0 Å². The van der Waals surface area contributed by atoms with E-state index in [4.69, 9.17) is 18.9 Å². The van der Waals surface area contributed by atoms with Crippen LogP contribution in [0.1, 0.15) is 6.92 Å². The van der Waals surface area contributed by atoms with Crippen molar-refractivity contribution in [2.75, 3.05) is 28.4 Å². The lowest BCUT2D eigenvalue weighted by Gasteiger charge is -2.22. The molecule has 0 heterocycles. The van der Waals surface area contributed by atoms with E-state index >= 15 is 0 Å². The van der Waals surface area contributed by atoms with Gasteiger partial charge in [-0.05, 0) is 0 Å². The summed E-state index contributed by atoms with van der Waals surface area (Å²) in [6.45, 7) is 2.09. The second-order valence-corrected chi connectivity index (χ2v) is 3.66. The Morgan fingerprint density at radius 1 is 0.571 bits per heavy atom. The summed E-state index contributed by atoms with van der Waals surface area (Å²) in [5, 5.41) is 0. The second-order valence-electron chi connectivity index (χ2n) is 3.66. The largest absolute Gasteiger partial charge is 0.378 e. The molecule has 0 radical (unpaired) electrons. The third kappa shape index (κ3) is 1.80. The molecule has 0 saturated heterocycles. The van der Waals surface area contributed by atoms with Crippen molar-refractivity contribution in [3.63, 3.8) is 0 Å². The number of methoxy groups -OCH3 is 4. The molecule has 4 nitrogen and oxygen atoms in total. The highest BCUT2D eigenvalue weighted by atomic mass is 16.6. The maximum Gasteiger partial charge on any atom is 0.112 e. The third-order valence-electron chi connectivity index (χ3n) is 3.10. The molecule has 4 heteroatoms. The van der Waals surface area contributed by atoms with Crippen LogP contribution in [-0.2, 0) is 18.9 Å². The molecule has 0 bridgehead atoms. The van der Waals surface area contributed by atoms with Crippen molar-refractivity contribution in [3.05, 3.63) is 0 Å². The topological polar surface area (TPSA) is 36.9 Å². The van der Waals surface area contributed by atoms with Crippen LogP contribution in [0.15, 0.2) is 0 Å². The fraction of sp³-hybridized carbons (Fsp3) is 1.00. The summed E-state index contributed by atoms with van der Waals surface area (Å²) in [7, 11) is 6.73. The van der Waals surface area contributed by atoms with Crippen LogP contribution in [0.5, 0.6) is 0 Å². The van der Waals surface area contributed by atoms with Crippen LogP contribution in [-0.4, -0.2) is 52.9 Å². The molecule has 1 saturated carbocycles. The highest BCUT2D eigenvalue weighted by Gasteiger charge is 2.50. The lowest BCUT2D eigenvalue weighted by atomic mass is 10.1. The van der Waals surface area contributed by atoms with Gasteiger partial charge in [-0.1, -0.05) is 6.92 Å². The van der Waals surface area contributed by atoms with Gasteiger partial charge in [0.05, 0.1) is 12.2 Å². The van der Waals surface area contributed by atoms with Crippen molar-refractivity contribution in [2.45, 2.75) is 31.3 Å². The van der Waals surface area contributed by atoms with Gasteiger partial charge in [0, 0.05) is 34.4 Å². The van der Waals surface area contributed by atoms with Gasteiger partial charge < -0.3 is 18.9 Å². The zero-order valence-electron chi connectivity index (χ0n) is 9.52. The van der Waals surface area contributed by atoms with Crippen molar-refractivity contribution in [1.29, 1.82) is 0 Å². The lowest BCUT2D eigenvalue weighted by molar-refractivity contribution is -0.0935. The Labute approximate surface area is 85.5 Å². The van der Waals surface area contributed by atoms with Crippen LogP contribution < -0.4 is 0 Å². The molecule has 0 aromatic carbocycles. The van der Waals surface area contributed by atoms with Crippen molar-refractivity contribution >= 4 is 0 Å². The van der Waals surface area contributed by atoms with Crippen molar-refractivity contribution in [3.8, 4) is 0 Å². The van der Waals surface area contributed by atoms with Crippen LogP contribution in [0.25, 0.3) is 0 Å². The summed E-state index contributed by atoms with van der Waals surface area (Å²) in [6.07, 6.45) is -0.0281.